The summed E-state index contributed by atoms with van der Waals surface area (Å²) in [5.74, 6) is -0.248. The van der Waals surface area contributed by atoms with Gasteiger partial charge in [-0.3, -0.25) is 4.79 Å². The average Bonchev–Trinajstić information content (AvgIpc) is 2.60. The summed E-state index contributed by atoms with van der Waals surface area (Å²) in [5.41, 5.74) is 7.13. The van der Waals surface area contributed by atoms with E-state index in [1.165, 1.54) is 5.56 Å². The number of nitrogens with two attached hydrogens (primary N) is 1. The highest BCUT2D eigenvalue weighted by molar-refractivity contribution is 7.91. The van der Waals surface area contributed by atoms with Crippen molar-refractivity contribution in [2.75, 3.05) is 11.9 Å². The van der Waals surface area contributed by atoms with Crippen molar-refractivity contribution in [3.63, 3.8) is 0 Å². The summed E-state index contributed by atoms with van der Waals surface area (Å²) in [7, 11) is 0. The van der Waals surface area contributed by atoms with Crippen LogP contribution in [0.3, 0.4) is 0 Å². The van der Waals surface area contributed by atoms with Gasteiger partial charge >= 0.3 is 0 Å². The number of benzene rings is 2. The number of hydrogen-bond donors (Lipinski definition) is 2. The van der Waals surface area contributed by atoms with Crippen molar-refractivity contribution in [3.05, 3.63) is 54.1 Å². The Morgan fingerprint density at radius 1 is 1.17 bits per heavy atom. The Hall–Kier alpha value is -1.82. The molecule has 0 saturated carbocycles. The second kappa shape index (κ2) is 8.72. The van der Waals surface area contributed by atoms with Gasteiger partial charge < -0.3 is 15.6 Å². The summed E-state index contributed by atoms with van der Waals surface area (Å²) >= 11 is -1.22. The fourth-order valence-corrected chi connectivity index (χ4v) is 3.32. The van der Waals surface area contributed by atoms with Crippen molar-refractivity contribution in [1.29, 1.82) is 0 Å². The SMILES string of the molecule is CCCCc1cccc([S+]([O-])c2ccc(NC(=O)CN)cc2)c1. The molecule has 0 radical (unpaired) electrons. The van der Waals surface area contributed by atoms with Crippen LogP contribution in [0.2, 0.25) is 0 Å². The molecule has 0 fully saturated rings. The van der Waals surface area contributed by atoms with Crippen LogP contribution in [0.25, 0.3) is 0 Å². The molecule has 4 nitrogen and oxygen atoms in total. The van der Waals surface area contributed by atoms with Gasteiger partial charge in [-0.25, -0.2) is 0 Å². The molecular formula is C18H22N2O2S. The van der Waals surface area contributed by atoms with Gasteiger partial charge in [-0.05, 0) is 54.8 Å². The van der Waals surface area contributed by atoms with Gasteiger partial charge in [0.1, 0.15) is 0 Å². The van der Waals surface area contributed by atoms with E-state index < -0.39 is 11.2 Å². The minimum Gasteiger partial charge on any atom is -0.606 e. The lowest BCUT2D eigenvalue weighted by Crippen LogP contribution is -2.21. The Morgan fingerprint density at radius 3 is 2.57 bits per heavy atom. The van der Waals surface area contributed by atoms with Gasteiger partial charge in [0, 0.05) is 16.9 Å². The van der Waals surface area contributed by atoms with E-state index in [9.17, 15) is 9.35 Å². The molecule has 3 N–H and O–H groups in total. The van der Waals surface area contributed by atoms with Crippen molar-refractivity contribution in [2.45, 2.75) is 36.0 Å². The van der Waals surface area contributed by atoms with Crippen LogP contribution in [0.1, 0.15) is 25.3 Å². The molecule has 1 unspecified atom stereocenters. The number of nitrogens with one attached hydrogen (secondary N) is 1. The van der Waals surface area contributed by atoms with Gasteiger partial charge in [0.25, 0.3) is 0 Å². The van der Waals surface area contributed by atoms with E-state index in [-0.39, 0.29) is 12.5 Å². The maximum atomic E-state index is 12.7. The Bertz CT molecular complexity index is 644. The minimum absolute atomic E-state index is 0.0573. The molecule has 1 atom stereocenters. The van der Waals surface area contributed by atoms with Crippen molar-refractivity contribution in [2.24, 2.45) is 5.73 Å². The lowest BCUT2D eigenvalue weighted by atomic mass is 10.1. The predicted octanol–water partition coefficient (Wildman–Crippen LogP) is 3.09. The maximum absolute atomic E-state index is 12.7. The van der Waals surface area contributed by atoms with Crippen LogP contribution in [0.4, 0.5) is 5.69 Å². The number of hydrogen-bond acceptors (Lipinski definition) is 3. The number of rotatable bonds is 7. The quantitative estimate of drug-likeness (QED) is 0.766. The molecule has 122 valence electrons. The van der Waals surface area contributed by atoms with Crippen LogP contribution in [0.15, 0.2) is 58.3 Å². The second-order valence-electron chi connectivity index (χ2n) is 5.30. The van der Waals surface area contributed by atoms with Gasteiger partial charge in [-0.15, -0.1) is 0 Å². The van der Waals surface area contributed by atoms with E-state index >= 15 is 0 Å². The third-order valence-corrected chi connectivity index (χ3v) is 4.85. The zero-order valence-electron chi connectivity index (χ0n) is 13.2. The van der Waals surface area contributed by atoms with Crippen LogP contribution in [0.5, 0.6) is 0 Å². The number of anilines is 1. The smallest absolute Gasteiger partial charge is 0.238 e. The van der Waals surface area contributed by atoms with E-state index in [0.29, 0.717) is 10.6 Å². The molecule has 2 aromatic rings. The molecule has 0 aliphatic heterocycles. The van der Waals surface area contributed by atoms with Crippen LogP contribution in [-0.4, -0.2) is 17.0 Å². The minimum atomic E-state index is -1.22. The first-order valence-electron chi connectivity index (χ1n) is 7.74. The fraction of sp³-hybridized carbons (Fsp3) is 0.278. The summed E-state index contributed by atoms with van der Waals surface area (Å²) in [4.78, 5) is 12.8. The maximum Gasteiger partial charge on any atom is 0.238 e. The Balaban J connectivity index is 2.10. The van der Waals surface area contributed by atoms with Gasteiger partial charge in [-0.2, -0.15) is 0 Å². The highest BCUT2D eigenvalue weighted by atomic mass is 32.2. The first-order valence-corrected chi connectivity index (χ1v) is 8.89. The molecular weight excluding hydrogens is 308 g/mol. The van der Waals surface area contributed by atoms with Gasteiger partial charge in [0.05, 0.1) is 6.54 Å². The van der Waals surface area contributed by atoms with Crippen molar-refractivity contribution < 1.29 is 9.35 Å². The summed E-state index contributed by atoms with van der Waals surface area (Å²) < 4.78 is 12.7. The third kappa shape index (κ3) is 5.10. The molecule has 23 heavy (non-hydrogen) atoms. The molecule has 2 aromatic carbocycles. The van der Waals surface area contributed by atoms with Crippen molar-refractivity contribution in [1.82, 2.24) is 0 Å². The molecule has 5 heteroatoms. The summed E-state index contributed by atoms with van der Waals surface area (Å²) in [6, 6.07) is 14.9. The molecule has 0 aliphatic carbocycles. The summed E-state index contributed by atoms with van der Waals surface area (Å²) in [6.45, 7) is 2.10. The molecule has 0 aliphatic rings. The molecule has 0 saturated heterocycles. The van der Waals surface area contributed by atoms with Crippen LogP contribution in [0, 0.1) is 0 Å². The molecule has 0 aromatic heterocycles. The lowest BCUT2D eigenvalue weighted by Gasteiger charge is -2.12. The Kier molecular flexibility index (Phi) is 6.65. The zero-order chi connectivity index (χ0) is 16.7. The van der Waals surface area contributed by atoms with Crippen molar-refractivity contribution in [3.8, 4) is 0 Å². The average molecular weight is 330 g/mol. The summed E-state index contributed by atoms with van der Waals surface area (Å²) in [6.07, 6.45) is 3.28. The number of amides is 1. The Labute approximate surface area is 140 Å². The normalized spacial score (nSPS) is 12.0. The highest BCUT2D eigenvalue weighted by Gasteiger charge is 2.15. The zero-order valence-corrected chi connectivity index (χ0v) is 14.1. The van der Waals surface area contributed by atoms with E-state index in [4.69, 9.17) is 5.73 Å². The van der Waals surface area contributed by atoms with E-state index in [0.717, 1.165) is 24.2 Å². The molecule has 2 rings (SSSR count). The third-order valence-electron chi connectivity index (χ3n) is 3.47. The molecule has 0 spiro atoms. The van der Waals surface area contributed by atoms with E-state index in [1.807, 2.05) is 18.2 Å². The number of unbranched alkanes of at least 4 members (excludes halogenated alkanes) is 1. The number of aryl methyl sites for hydroxylation is 1. The predicted molar refractivity (Wildman–Crippen MR) is 93.9 cm³/mol. The van der Waals surface area contributed by atoms with E-state index in [2.05, 4.69) is 18.3 Å². The number of carbonyl (C=O) groups is 1. The lowest BCUT2D eigenvalue weighted by molar-refractivity contribution is -0.114. The second-order valence-corrected chi connectivity index (χ2v) is 6.78. The van der Waals surface area contributed by atoms with Gasteiger partial charge in [0.2, 0.25) is 5.91 Å². The highest BCUT2D eigenvalue weighted by Crippen LogP contribution is 2.23. The largest absolute Gasteiger partial charge is 0.606 e. The first kappa shape index (κ1) is 17.5. The fourth-order valence-electron chi connectivity index (χ4n) is 2.21. The van der Waals surface area contributed by atoms with Crippen LogP contribution >= 0.6 is 0 Å². The molecule has 0 heterocycles. The molecule has 1 amide bonds. The number of carbonyl (C=O) groups excluding carboxylic acids is 1. The summed E-state index contributed by atoms with van der Waals surface area (Å²) in [5, 5.41) is 2.67. The van der Waals surface area contributed by atoms with Gasteiger partial charge in [0.15, 0.2) is 9.79 Å². The van der Waals surface area contributed by atoms with Crippen LogP contribution < -0.4 is 11.1 Å². The standard InChI is InChI=1S/C18H22N2O2S/c1-2-3-5-14-6-4-7-17(12-14)23(22)16-10-8-15(9-11-16)20-18(21)13-19/h4,6-12H,2-3,5,13,19H2,1H3,(H,20,21). The molecule has 0 bridgehead atoms. The topological polar surface area (TPSA) is 78.2 Å². The monoisotopic (exact) mass is 330 g/mol. The van der Waals surface area contributed by atoms with E-state index in [1.54, 1.807) is 24.3 Å². The van der Waals surface area contributed by atoms with Crippen molar-refractivity contribution >= 4 is 22.8 Å². The first-order chi connectivity index (χ1) is 11.1. The van der Waals surface area contributed by atoms with Gasteiger partial charge in [-0.1, -0.05) is 25.5 Å². The van der Waals surface area contributed by atoms with Crippen LogP contribution in [-0.2, 0) is 22.4 Å². The Morgan fingerprint density at radius 2 is 1.91 bits per heavy atom.